The summed E-state index contributed by atoms with van der Waals surface area (Å²) in [7, 11) is 0. The van der Waals surface area contributed by atoms with Crippen molar-refractivity contribution in [3.63, 3.8) is 0 Å². The van der Waals surface area contributed by atoms with E-state index in [4.69, 9.17) is 18.9 Å². The number of carbonyl (C=O) groups is 1. The standard InChI is InChI=1S/C13H26O5/c1-5-15-12(14)10-9-11-13(16-6-2,17-7-3)18-8-4/h5-11H2,1-4H3. The highest BCUT2D eigenvalue weighted by Crippen LogP contribution is 2.23. The van der Waals surface area contributed by atoms with Crippen LogP contribution < -0.4 is 0 Å². The molecule has 0 saturated carbocycles. The molecule has 0 amide bonds. The Morgan fingerprint density at radius 1 is 0.889 bits per heavy atom. The molecule has 0 bridgehead atoms. The van der Waals surface area contributed by atoms with Crippen molar-refractivity contribution in [1.82, 2.24) is 0 Å². The zero-order valence-corrected chi connectivity index (χ0v) is 12.0. The van der Waals surface area contributed by atoms with Gasteiger partial charge in [-0.15, -0.1) is 0 Å². The largest absolute Gasteiger partial charge is 0.466 e. The van der Waals surface area contributed by atoms with Crippen LogP contribution in [-0.4, -0.2) is 38.4 Å². The van der Waals surface area contributed by atoms with E-state index < -0.39 is 5.97 Å². The van der Waals surface area contributed by atoms with Crippen LogP contribution in [0.2, 0.25) is 0 Å². The molecule has 0 saturated heterocycles. The predicted octanol–water partition coefficient (Wildman–Crippen LogP) is 2.48. The lowest BCUT2D eigenvalue weighted by molar-refractivity contribution is -0.379. The third-order valence-electron chi connectivity index (χ3n) is 2.26. The minimum Gasteiger partial charge on any atom is -0.466 e. The quantitative estimate of drug-likeness (QED) is 0.423. The first-order valence-electron chi connectivity index (χ1n) is 6.71. The lowest BCUT2D eigenvalue weighted by Crippen LogP contribution is -2.39. The Balaban J connectivity index is 4.24. The van der Waals surface area contributed by atoms with Gasteiger partial charge in [-0.3, -0.25) is 4.79 Å². The molecule has 0 spiro atoms. The van der Waals surface area contributed by atoms with Gasteiger partial charge in [-0.2, -0.15) is 0 Å². The number of carbonyl (C=O) groups excluding carboxylic acids is 1. The zero-order chi connectivity index (χ0) is 13.9. The van der Waals surface area contributed by atoms with Gasteiger partial charge in [-0.1, -0.05) is 0 Å². The highest BCUT2D eigenvalue weighted by Gasteiger charge is 2.32. The maximum Gasteiger partial charge on any atom is 0.305 e. The third-order valence-corrected chi connectivity index (χ3v) is 2.26. The molecular weight excluding hydrogens is 236 g/mol. The fourth-order valence-corrected chi connectivity index (χ4v) is 1.68. The second-order valence-electron chi connectivity index (χ2n) is 3.64. The van der Waals surface area contributed by atoms with Crippen molar-refractivity contribution in [2.75, 3.05) is 26.4 Å². The molecule has 0 fully saturated rings. The first-order chi connectivity index (χ1) is 8.64. The lowest BCUT2D eigenvalue weighted by atomic mass is 10.2. The fraction of sp³-hybridized carbons (Fsp3) is 0.923. The maximum atomic E-state index is 11.3. The van der Waals surface area contributed by atoms with Gasteiger partial charge in [0.2, 0.25) is 0 Å². The first-order valence-corrected chi connectivity index (χ1v) is 6.71. The van der Waals surface area contributed by atoms with Crippen LogP contribution in [0, 0.1) is 0 Å². The van der Waals surface area contributed by atoms with E-state index in [9.17, 15) is 4.79 Å². The minimum absolute atomic E-state index is 0.198. The molecule has 108 valence electrons. The number of rotatable bonds is 11. The molecular formula is C13H26O5. The molecule has 0 N–H and O–H groups in total. The van der Waals surface area contributed by atoms with Crippen molar-refractivity contribution in [3.8, 4) is 0 Å². The van der Waals surface area contributed by atoms with Crippen molar-refractivity contribution >= 4 is 5.97 Å². The van der Waals surface area contributed by atoms with E-state index in [1.54, 1.807) is 6.92 Å². The Morgan fingerprint density at radius 3 is 1.78 bits per heavy atom. The van der Waals surface area contributed by atoms with E-state index in [2.05, 4.69) is 0 Å². The Morgan fingerprint density at radius 2 is 1.39 bits per heavy atom. The number of esters is 1. The number of ether oxygens (including phenoxy) is 4. The molecule has 0 aromatic carbocycles. The molecule has 0 aliphatic rings. The summed E-state index contributed by atoms with van der Waals surface area (Å²) in [5.41, 5.74) is 0. The Kier molecular flexibility index (Phi) is 9.92. The highest BCUT2D eigenvalue weighted by atomic mass is 16.9. The van der Waals surface area contributed by atoms with Crippen molar-refractivity contribution in [2.24, 2.45) is 0 Å². The maximum absolute atomic E-state index is 11.3. The molecule has 0 aromatic heterocycles. The van der Waals surface area contributed by atoms with Gasteiger partial charge in [0.15, 0.2) is 0 Å². The monoisotopic (exact) mass is 262 g/mol. The zero-order valence-electron chi connectivity index (χ0n) is 12.0. The summed E-state index contributed by atoms with van der Waals surface area (Å²) in [6.07, 6.45) is 1.48. The van der Waals surface area contributed by atoms with Crippen LogP contribution in [0.5, 0.6) is 0 Å². The molecule has 0 rings (SSSR count). The van der Waals surface area contributed by atoms with Gasteiger partial charge in [-0.05, 0) is 34.1 Å². The topological polar surface area (TPSA) is 54.0 Å². The number of hydrogen-bond donors (Lipinski definition) is 0. The van der Waals surface area contributed by atoms with Crippen LogP contribution in [0.15, 0.2) is 0 Å². The molecule has 0 heterocycles. The summed E-state index contributed by atoms with van der Waals surface area (Å²) in [4.78, 5) is 11.3. The molecule has 0 unspecified atom stereocenters. The minimum atomic E-state index is -1.02. The van der Waals surface area contributed by atoms with Gasteiger partial charge >= 0.3 is 5.97 Å². The van der Waals surface area contributed by atoms with Gasteiger partial charge in [0.05, 0.1) is 6.61 Å². The third kappa shape index (κ3) is 6.93. The second kappa shape index (κ2) is 10.3. The van der Waals surface area contributed by atoms with E-state index >= 15 is 0 Å². The van der Waals surface area contributed by atoms with Crippen molar-refractivity contribution in [3.05, 3.63) is 0 Å². The summed E-state index contributed by atoms with van der Waals surface area (Å²) < 4.78 is 21.5. The first kappa shape index (κ1) is 17.4. The highest BCUT2D eigenvalue weighted by molar-refractivity contribution is 5.69. The average molecular weight is 262 g/mol. The van der Waals surface area contributed by atoms with Crippen LogP contribution in [-0.2, 0) is 23.7 Å². The molecule has 5 heteroatoms. The van der Waals surface area contributed by atoms with Crippen LogP contribution in [0.25, 0.3) is 0 Å². The summed E-state index contributed by atoms with van der Waals surface area (Å²) in [6, 6.07) is 0. The Labute approximate surface area is 110 Å². The van der Waals surface area contributed by atoms with Crippen LogP contribution in [0.4, 0.5) is 0 Å². The summed E-state index contributed by atoms with van der Waals surface area (Å²) in [5.74, 6) is -1.22. The SMILES string of the molecule is CCOC(=O)CCCC(OCC)(OCC)OCC. The predicted molar refractivity (Wildman–Crippen MR) is 68.1 cm³/mol. The van der Waals surface area contributed by atoms with Gasteiger partial charge in [0.25, 0.3) is 5.97 Å². The molecule has 0 aliphatic carbocycles. The van der Waals surface area contributed by atoms with E-state index in [1.807, 2.05) is 20.8 Å². The van der Waals surface area contributed by atoms with Gasteiger partial charge in [-0.25, -0.2) is 0 Å². The lowest BCUT2D eigenvalue weighted by Gasteiger charge is -2.32. The summed E-state index contributed by atoms with van der Waals surface area (Å²) in [6.45, 7) is 9.36. The van der Waals surface area contributed by atoms with Crippen molar-refractivity contribution in [2.45, 2.75) is 52.9 Å². The molecule has 0 radical (unpaired) electrons. The Hall–Kier alpha value is -0.650. The molecule has 5 nitrogen and oxygen atoms in total. The van der Waals surface area contributed by atoms with Crippen LogP contribution in [0.1, 0.15) is 47.0 Å². The van der Waals surface area contributed by atoms with Crippen molar-refractivity contribution in [1.29, 1.82) is 0 Å². The van der Waals surface area contributed by atoms with E-state index in [0.717, 1.165) is 0 Å². The molecule has 0 aromatic rings. The Bertz CT molecular complexity index is 200. The summed E-state index contributed by atoms with van der Waals surface area (Å²) in [5, 5.41) is 0. The number of hydrogen-bond acceptors (Lipinski definition) is 5. The average Bonchev–Trinajstić information content (AvgIpc) is 2.30. The molecule has 18 heavy (non-hydrogen) atoms. The van der Waals surface area contributed by atoms with Gasteiger partial charge < -0.3 is 18.9 Å². The van der Waals surface area contributed by atoms with E-state index in [1.165, 1.54) is 0 Å². The normalized spacial score (nSPS) is 11.6. The van der Waals surface area contributed by atoms with Crippen LogP contribution in [0.3, 0.4) is 0 Å². The van der Waals surface area contributed by atoms with E-state index in [-0.39, 0.29) is 5.97 Å². The summed E-state index contributed by atoms with van der Waals surface area (Å²) >= 11 is 0. The molecule has 0 aliphatic heterocycles. The van der Waals surface area contributed by atoms with E-state index in [0.29, 0.717) is 45.7 Å². The van der Waals surface area contributed by atoms with Crippen molar-refractivity contribution < 1.29 is 23.7 Å². The fourth-order valence-electron chi connectivity index (χ4n) is 1.68. The van der Waals surface area contributed by atoms with Gasteiger partial charge in [0, 0.05) is 32.7 Å². The smallest absolute Gasteiger partial charge is 0.305 e. The van der Waals surface area contributed by atoms with Gasteiger partial charge in [0.1, 0.15) is 0 Å². The second-order valence-corrected chi connectivity index (χ2v) is 3.64. The van der Waals surface area contributed by atoms with Crippen LogP contribution >= 0.6 is 0 Å². The molecule has 0 atom stereocenters.